The smallest absolute Gasteiger partial charge is 0.242 e. The fourth-order valence-electron chi connectivity index (χ4n) is 2.90. The Hall–Kier alpha value is -1.60. The Morgan fingerprint density at radius 2 is 1.77 bits per heavy atom. The predicted molar refractivity (Wildman–Crippen MR) is 103 cm³/mol. The molecule has 8 heteroatoms. The number of carbonyl (C=O) groups excluding carboxylic acids is 1. The number of hydrogen-bond donors (Lipinski definition) is 2. The zero-order valence-electron chi connectivity index (χ0n) is 14.1. The van der Waals surface area contributed by atoms with Crippen molar-refractivity contribution >= 4 is 44.8 Å². The first kappa shape index (κ1) is 19.2. The van der Waals surface area contributed by atoms with Gasteiger partial charge < -0.3 is 5.32 Å². The normalized spacial score (nSPS) is 14.7. The lowest BCUT2D eigenvalue weighted by atomic mass is 10.1. The second-order valence-corrected chi connectivity index (χ2v) is 8.77. The molecular formula is C18H18Cl2N2O3S. The maximum atomic E-state index is 12.4. The first-order chi connectivity index (χ1) is 12.3. The molecule has 1 amide bonds. The summed E-state index contributed by atoms with van der Waals surface area (Å²) in [5.74, 6) is -0.438. The zero-order valence-corrected chi connectivity index (χ0v) is 16.4. The van der Waals surface area contributed by atoms with Crippen LogP contribution in [0, 0.1) is 0 Å². The standard InChI is InChI=1S/C18H18Cl2N2O3S/c1-11(22-26(24,25)15-7-8-16(19)17(20)10-15)18(23)21-14-6-5-12-3-2-4-13(12)9-14/h5-11,22H,2-4H2,1H3,(H,21,23). The summed E-state index contributed by atoms with van der Waals surface area (Å²) >= 11 is 11.7. The molecule has 2 aromatic carbocycles. The van der Waals surface area contributed by atoms with Gasteiger partial charge in [0.25, 0.3) is 0 Å². The van der Waals surface area contributed by atoms with Gasteiger partial charge in [0.1, 0.15) is 0 Å². The summed E-state index contributed by atoms with van der Waals surface area (Å²) in [4.78, 5) is 12.3. The van der Waals surface area contributed by atoms with Crippen LogP contribution in [0.3, 0.4) is 0 Å². The maximum Gasteiger partial charge on any atom is 0.242 e. The molecule has 2 aromatic rings. The minimum atomic E-state index is -3.90. The van der Waals surface area contributed by atoms with Gasteiger partial charge >= 0.3 is 0 Å². The number of amides is 1. The number of halogens is 2. The third kappa shape index (κ3) is 4.20. The van der Waals surface area contributed by atoms with Gasteiger partial charge in [-0.1, -0.05) is 29.3 Å². The van der Waals surface area contributed by atoms with Crippen molar-refractivity contribution in [1.82, 2.24) is 4.72 Å². The zero-order chi connectivity index (χ0) is 18.9. The van der Waals surface area contributed by atoms with Gasteiger partial charge in [0, 0.05) is 5.69 Å². The van der Waals surface area contributed by atoms with E-state index in [0.717, 1.165) is 19.3 Å². The molecule has 0 saturated carbocycles. The first-order valence-electron chi connectivity index (χ1n) is 8.16. The molecule has 2 N–H and O–H groups in total. The quantitative estimate of drug-likeness (QED) is 0.783. The van der Waals surface area contributed by atoms with Gasteiger partial charge in [-0.25, -0.2) is 8.42 Å². The van der Waals surface area contributed by atoms with Gasteiger partial charge in [0.15, 0.2) is 0 Å². The number of fused-ring (bicyclic) bond motifs is 1. The number of hydrogen-bond acceptors (Lipinski definition) is 3. The van der Waals surface area contributed by atoms with Crippen molar-refractivity contribution in [2.75, 3.05) is 5.32 Å². The first-order valence-corrected chi connectivity index (χ1v) is 10.4. The molecule has 0 fully saturated rings. The molecule has 3 rings (SSSR count). The van der Waals surface area contributed by atoms with Crippen LogP contribution in [-0.4, -0.2) is 20.4 Å². The van der Waals surface area contributed by atoms with Crippen molar-refractivity contribution in [1.29, 1.82) is 0 Å². The topological polar surface area (TPSA) is 75.3 Å². The van der Waals surface area contributed by atoms with E-state index in [-0.39, 0.29) is 14.9 Å². The van der Waals surface area contributed by atoms with Crippen molar-refractivity contribution in [2.24, 2.45) is 0 Å². The molecule has 1 aliphatic rings. The van der Waals surface area contributed by atoms with E-state index < -0.39 is 22.0 Å². The molecular weight excluding hydrogens is 395 g/mol. The number of rotatable bonds is 5. The predicted octanol–water partition coefficient (Wildman–Crippen LogP) is 3.79. The fourth-order valence-corrected chi connectivity index (χ4v) is 4.49. The Labute approximate surface area is 162 Å². The summed E-state index contributed by atoms with van der Waals surface area (Å²) in [6, 6.07) is 8.81. The summed E-state index contributed by atoms with van der Waals surface area (Å²) in [6.07, 6.45) is 3.18. The molecule has 0 radical (unpaired) electrons. The molecule has 1 aliphatic carbocycles. The van der Waals surface area contributed by atoms with Crippen LogP contribution >= 0.6 is 23.2 Å². The molecule has 0 saturated heterocycles. The number of benzene rings is 2. The van der Waals surface area contributed by atoms with Gasteiger partial charge in [0.05, 0.1) is 21.0 Å². The minimum Gasteiger partial charge on any atom is -0.325 e. The van der Waals surface area contributed by atoms with Crippen LogP contribution in [0.25, 0.3) is 0 Å². The Morgan fingerprint density at radius 1 is 1.04 bits per heavy atom. The number of anilines is 1. The second-order valence-electron chi connectivity index (χ2n) is 6.25. The highest BCUT2D eigenvalue weighted by Crippen LogP contribution is 2.26. The lowest BCUT2D eigenvalue weighted by Crippen LogP contribution is -2.41. The summed E-state index contributed by atoms with van der Waals surface area (Å²) in [5.41, 5.74) is 3.19. The molecule has 0 heterocycles. The minimum absolute atomic E-state index is 0.0518. The highest BCUT2D eigenvalue weighted by atomic mass is 35.5. The Kier molecular flexibility index (Phi) is 5.58. The molecule has 1 atom stereocenters. The van der Waals surface area contributed by atoms with Crippen molar-refractivity contribution in [3.63, 3.8) is 0 Å². The van der Waals surface area contributed by atoms with Gasteiger partial charge in [-0.2, -0.15) is 4.72 Å². The van der Waals surface area contributed by atoms with E-state index >= 15 is 0 Å². The molecule has 0 aromatic heterocycles. The van der Waals surface area contributed by atoms with Crippen LogP contribution in [0.15, 0.2) is 41.3 Å². The molecule has 0 aliphatic heterocycles. The highest BCUT2D eigenvalue weighted by molar-refractivity contribution is 7.89. The van der Waals surface area contributed by atoms with E-state index in [2.05, 4.69) is 10.0 Å². The van der Waals surface area contributed by atoms with Crippen LogP contribution in [0.4, 0.5) is 5.69 Å². The molecule has 1 unspecified atom stereocenters. The van der Waals surface area contributed by atoms with Crippen LogP contribution in [0.1, 0.15) is 24.5 Å². The number of aryl methyl sites for hydroxylation is 2. The van der Waals surface area contributed by atoms with Gasteiger partial charge in [0.2, 0.25) is 15.9 Å². The van der Waals surface area contributed by atoms with Gasteiger partial charge in [-0.3, -0.25) is 4.79 Å². The molecule has 138 valence electrons. The highest BCUT2D eigenvalue weighted by Gasteiger charge is 2.23. The van der Waals surface area contributed by atoms with Crippen molar-refractivity contribution in [3.8, 4) is 0 Å². The van der Waals surface area contributed by atoms with Crippen molar-refractivity contribution < 1.29 is 13.2 Å². The fraction of sp³-hybridized carbons (Fsp3) is 0.278. The summed E-state index contributed by atoms with van der Waals surface area (Å²) in [6.45, 7) is 1.48. The molecule has 0 spiro atoms. The summed E-state index contributed by atoms with van der Waals surface area (Å²) in [5, 5.41) is 3.14. The lowest BCUT2D eigenvalue weighted by molar-refractivity contribution is -0.117. The Bertz CT molecular complexity index is 961. The molecule has 26 heavy (non-hydrogen) atoms. The Morgan fingerprint density at radius 3 is 2.50 bits per heavy atom. The van der Waals surface area contributed by atoms with E-state index in [0.29, 0.717) is 5.69 Å². The van der Waals surface area contributed by atoms with E-state index in [9.17, 15) is 13.2 Å². The number of sulfonamides is 1. The Balaban J connectivity index is 1.69. The van der Waals surface area contributed by atoms with E-state index in [1.165, 1.54) is 36.2 Å². The van der Waals surface area contributed by atoms with E-state index in [1.807, 2.05) is 18.2 Å². The van der Waals surface area contributed by atoms with Gasteiger partial charge in [-0.15, -0.1) is 0 Å². The van der Waals surface area contributed by atoms with Crippen molar-refractivity contribution in [2.45, 2.75) is 37.1 Å². The SMILES string of the molecule is CC(NS(=O)(=O)c1ccc(Cl)c(Cl)c1)C(=O)Nc1ccc2c(c1)CCC2. The lowest BCUT2D eigenvalue weighted by Gasteiger charge is -2.15. The molecule has 0 bridgehead atoms. The third-order valence-corrected chi connectivity index (χ3v) is 6.57. The monoisotopic (exact) mass is 412 g/mol. The largest absolute Gasteiger partial charge is 0.325 e. The van der Waals surface area contributed by atoms with E-state index in [1.54, 1.807) is 0 Å². The van der Waals surface area contributed by atoms with Crippen molar-refractivity contribution in [3.05, 3.63) is 57.6 Å². The van der Waals surface area contributed by atoms with Crippen LogP contribution in [-0.2, 0) is 27.7 Å². The van der Waals surface area contributed by atoms with Gasteiger partial charge in [-0.05, 0) is 67.6 Å². The average molecular weight is 413 g/mol. The summed E-state index contributed by atoms with van der Waals surface area (Å²) in [7, 11) is -3.90. The van der Waals surface area contributed by atoms with Crippen LogP contribution in [0.2, 0.25) is 10.0 Å². The van der Waals surface area contributed by atoms with Crippen LogP contribution < -0.4 is 10.0 Å². The maximum absolute atomic E-state index is 12.4. The third-order valence-electron chi connectivity index (χ3n) is 4.29. The second kappa shape index (κ2) is 7.56. The van der Waals surface area contributed by atoms with E-state index in [4.69, 9.17) is 23.2 Å². The van der Waals surface area contributed by atoms with Crippen LogP contribution in [0.5, 0.6) is 0 Å². The summed E-state index contributed by atoms with van der Waals surface area (Å²) < 4.78 is 27.2. The molecule has 5 nitrogen and oxygen atoms in total. The number of nitrogens with one attached hydrogen (secondary N) is 2. The number of carbonyl (C=O) groups is 1. The average Bonchev–Trinajstić information content (AvgIpc) is 3.04.